The number of benzene rings is 6. The van der Waals surface area contributed by atoms with Gasteiger partial charge >= 0.3 is 0 Å². The number of pyridine rings is 5. The number of nitrogens with zero attached hydrogens (tertiary/aromatic N) is 18. The number of anilines is 5. The van der Waals surface area contributed by atoms with E-state index in [-0.39, 0.29) is 29.5 Å². The van der Waals surface area contributed by atoms with Gasteiger partial charge < -0.3 is 78.1 Å². The number of thiazole rings is 1. The molecule has 5 amide bonds. The molecule has 0 saturated heterocycles. The number of aromatic amines is 7. The highest BCUT2D eigenvalue weighted by atomic mass is 32.1. The number of nitrogen functional groups attached to an aromatic ring is 5. The number of aromatic nitrogens is 20. The SMILES string of the molecule is CCN(Cc1nc2c([nH]1)c(N)nc1cc(-c3ccccc3)ccc12)C(C)=O.CCN(Cc1nc2c([nH]1)c(N)nc1cc(-c3ccn[nH]3)ccc12)C(=O)c1nccs1.CCN(Cc1nc2c([nH]1)c(N)nc1cc(-c3ccn[nH]3)ccc12)C(C)=O.CCN(Cc1nc2c([nH]1)c(N)nc1cc(C3=CCCC3)ccc12)C(C)=O.CCN(Cc1nc2c([nH]1)c(N)nc1cc(C3CCCC3)ccc12)C(C)=O. The molecule has 0 unspecified atom stereocenters. The second kappa shape index (κ2) is 39.5. The summed E-state index contributed by atoms with van der Waals surface area (Å²) in [5, 5.41) is 20.8. The quantitative estimate of drug-likeness (QED) is 0.0318. The zero-order chi connectivity index (χ0) is 94.4. The summed E-state index contributed by atoms with van der Waals surface area (Å²) in [6.45, 7) is 21.1. The van der Waals surface area contributed by atoms with E-state index in [1.54, 1.807) is 76.2 Å². The summed E-state index contributed by atoms with van der Waals surface area (Å²) in [6.07, 6.45) is 16.0. The summed E-state index contributed by atoms with van der Waals surface area (Å²) in [6, 6.07) is 44.7. The Morgan fingerprint density at radius 3 is 1.04 bits per heavy atom. The van der Waals surface area contributed by atoms with Crippen LogP contribution >= 0.6 is 11.3 Å². The molecule has 36 heteroatoms. The maximum absolute atomic E-state index is 12.7. The average Bonchev–Trinajstić information content (AvgIpc) is 1.67. The van der Waals surface area contributed by atoms with Gasteiger partial charge in [-0.15, -0.1) is 11.3 Å². The molecular weight excluding hydrogens is 1720 g/mol. The van der Waals surface area contributed by atoms with Crippen LogP contribution in [0.4, 0.5) is 29.1 Å². The summed E-state index contributed by atoms with van der Waals surface area (Å²) in [5.74, 6) is 6.17. The summed E-state index contributed by atoms with van der Waals surface area (Å²) in [7, 11) is 0. The topological polar surface area (TPSA) is 510 Å². The Kier molecular flexibility index (Phi) is 26.6. The fraction of sp³-hybridized carbons (Fsp3) is 0.273. The highest BCUT2D eigenvalue weighted by Crippen LogP contribution is 2.40. The molecule has 2 aliphatic carbocycles. The van der Waals surface area contributed by atoms with E-state index in [9.17, 15) is 24.0 Å². The Bertz CT molecular complexity index is 7660. The first-order chi connectivity index (χ1) is 65.4. The highest BCUT2D eigenvalue weighted by Gasteiger charge is 2.26. The molecule has 13 aromatic heterocycles. The minimum atomic E-state index is -0.117. The van der Waals surface area contributed by atoms with Crippen LogP contribution in [0.15, 0.2) is 164 Å². The maximum atomic E-state index is 12.7. The molecule has 13 heterocycles. The van der Waals surface area contributed by atoms with E-state index in [2.05, 4.69) is 141 Å². The Morgan fingerprint density at radius 1 is 0.370 bits per heavy atom. The van der Waals surface area contributed by atoms with Gasteiger partial charge in [0.2, 0.25) is 23.6 Å². The van der Waals surface area contributed by atoms with Crippen LogP contribution in [0.1, 0.15) is 163 Å². The molecule has 0 spiro atoms. The third-order valence-corrected chi connectivity index (χ3v) is 25.6. The van der Waals surface area contributed by atoms with Gasteiger partial charge in [0, 0.05) is 122 Å². The number of hydrogen-bond acceptors (Lipinski definition) is 24. The fourth-order valence-electron chi connectivity index (χ4n) is 17.6. The van der Waals surface area contributed by atoms with Crippen molar-refractivity contribution in [3.05, 3.63) is 209 Å². The smallest absolute Gasteiger partial charge is 0.283 e. The predicted molar refractivity (Wildman–Crippen MR) is 532 cm³/mol. The summed E-state index contributed by atoms with van der Waals surface area (Å²) in [4.78, 5) is 135. The lowest BCUT2D eigenvalue weighted by atomic mass is 9.96. The van der Waals surface area contributed by atoms with Crippen LogP contribution in [0.25, 0.3) is 149 Å². The van der Waals surface area contributed by atoms with Gasteiger partial charge in [0.05, 0.1) is 71.7 Å². The number of imidazole rings is 5. The first-order valence-corrected chi connectivity index (χ1v) is 46.1. The van der Waals surface area contributed by atoms with Gasteiger partial charge in [-0.05, 0) is 167 Å². The Morgan fingerprint density at radius 2 is 0.711 bits per heavy atom. The summed E-state index contributed by atoms with van der Waals surface area (Å²) in [5.41, 5.74) is 52.4. The van der Waals surface area contributed by atoms with Crippen LogP contribution in [-0.2, 0) is 51.9 Å². The second-order valence-electron chi connectivity index (χ2n) is 33.4. The number of nitrogens with two attached hydrogens (primary N) is 5. The molecule has 2 aliphatic rings. The van der Waals surface area contributed by atoms with Crippen molar-refractivity contribution in [2.45, 2.75) is 146 Å². The van der Waals surface area contributed by atoms with E-state index >= 15 is 0 Å². The number of H-pyrrole nitrogens is 7. The number of amides is 5. The lowest BCUT2D eigenvalue weighted by Crippen LogP contribution is -2.30. The van der Waals surface area contributed by atoms with Gasteiger partial charge in [-0.3, -0.25) is 34.2 Å². The molecule has 19 aromatic rings. The van der Waals surface area contributed by atoms with Crippen LogP contribution < -0.4 is 28.7 Å². The van der Waals surface area contributed by atoms with Crippen molar-refractivity contribution in [1.29, 1.82) is 0 Å². The van der Waals surface area contributed by atoms with Crippen LogP contribution in [-0.4, -0.2) is 187 Å². The molecule has 0 radical (unpaired) electrons. The van der Waals surface area contributed by atoms with Crippen LogP contribution in [0.2, 0.25) is 0 Å². The van der Waals surface area contributed by atoms with Gasteiger partial charge in [0.25, 0.3) is 5.91 Å². The summed E-state index contributed by atoms with van der Waals surface area (Å²) >= 11 is 1.32. The highest BCUT2D eigenvalue weighted by molar-refractivity contribution is 7.11. The van der Waals surface area contributed by atoms with Gasteiger partial charge in [0.1, 0.15) is 113 Å². The fourth-order valence-corrected chi connectivity index (χ4v) is 18.2. The third kappa shape index (κ3) is 19.4. The third-order valence-electron chi connectivity index (χ3n) is 24.8. The standard InChI is InChI=1S/C21H21N5O.C20H18N8OS.C20H25N5O.C20H23N5O.C18H19N7O/c1-3-26(13(2)27)12-18-24-19-16-10-9-15(14-7-5-4-6-8-14)11-17(16)23-21(22)20(19)25-18;1-2-28(20(29)19-22-7-8-30-19)10-15-25-16-12-4-3-11(13-5-6-23-27-13)9-14(12)24-18(21)17(16)26-15;2*1-3-25(12(2)26)11-17-23-18-15-9-8-14(13-6-4-5-7-13)10-16(15)22-20(21)19(18)24-17;1-3-25(10(2)26)9-15-22-16-12-5-4-11(13-6-7-20-24-13)8-14(12)21-18(19)17(16)23-15/h4-11H,3,12H2,1-2H3,(H2,22,23)(H,24,25);3-9H,2,10H2,1H3,(H2,21,24)(H,23,27)(H,25,26);8-10,13H,3-7,11H2,1-2H3,(H2,21,22)(H,23,24);6,8-10H,3-5,7,11H2,1-2H3,(H2,21,22)(H,23,24);4-8H,3,9H2,1-2H3,(H2,19,21)(H,20,24)(H,22,23). The van der Waals surface area contributed by atoms with Gasteiger partial charge in [0.15, 0.2) is 5.01 Å². The molecule has 0 aliphatic heterocycles. The maximum Gasteiger partial charge on any atom is 0.283 e. The largest absolute Gasteiger partial charge is 0.382 e. The molecule has 688 valence electrons. The van der Waals surface area contributed by atoms with E-state index in [4.69, 9.17) is 48.6 Å². The Balaban J connectivity index is 0.000000117. The van der Waals surface area contributed by atoms with Crippen molar-refractivity contribution in [2.75, 3.05) is 61.4 Å². The number of carbonyl (C=O) groups is 5. The first kappa shape index (κ1) is 90.8. The normalized spacial score (nSPS) is 12.6. The van der Waals surface area contributed by atoms with Crippen molar-refractivity contribution >= 4 is 185 Å². The van der Waals surface area contributed by atoms with Crippen LogP contribution in [0, 0.1) is 0 Å². The predicted octanol–water partition coefficient (Wildman–Crippen LogP) is 16.7. The molecule has 6 aromatic carbocycles. The van der Waals surface area contributed by atoms with E-state index in [0.29, 0.717) is 139 Å². The molecule has 0 atom stereocenters. The van der Waals surface area contributed by atoms with E-state index < -0.39 is 0 Å². The van der Waals surface area contributed by atoms with Crippen molar-refractivity contribution in [3.63, 3.8) is 0 Å². The monoisotopic (exact) mass is 1830 g/mol. The van der Waals surface area contributed by atoms with Gasteiger partial charge in [-0.2, -0.15) is 10.2 Å². The molecule has 135 heavy (non-hydrogen) atoms. The zero-order valence-corrected chi connectivity index (χ0v) is 77.4. The average molecular weight is 1830 g/mol. The lowest BCUT2D eigenvalue weighted by Gasteiger charge is -2.17. The summed E-state index contributed by atoms with van der Waals surface area (Å²) < 4.78 is 0. The number of allylic oxidation sites excluding steroid dienone is 2. The molecular formula is C99H106N30O5S. The number of rotatable bonds is 21. The van der Waals surface area contributed by atoms with Gasteiger partial charge in [-0.1, -0.05) is 85.6 Å². The number of hydrogen-bond donors (Lipinski definition) is 12. The molecule has 0 bridgehead atoms. The molecule has 1 fully saturated rings. The minimum Gasteiger partial charge on any atom is -0.382 e. The van der Waals surface area contributed by atoms with Crippen molar-refractivity contribution in [1.82, 2.24) is 125 Å². The molecule has 35 nitrogen and oxygen atoms in total. The molecule has 1 saturated carbocycles. The van der Waals surface area contributed by atoms with Crippen molar-refractivity contribution in [3.8, 4) is 33.6 Å². The number of carbonyl (C=O) groups excluding carboxylic acids is 5. The van der Waals surface area contributed by atoms with E-state index in [1.165, 1.54) is 60.1 Å². The molecule has 21 rings (SSSR count). The van der Waals surface area contributed by atoms with Gasteiger partial charge in [-0.25, -0.2) is 54.8 Å². The second-order valence-corrected chi connectivity index (χ2v) is 34.3. The molecule has 17 N–H and O–H groups in total. The van der Waals surface area contributed by atoms with Crippen molar-refractivity contribution in [2.24, 2.45) is 0 Å². The number of nitrogens with one attached hydrogen (secondary N) is 7. The number of fused-ring (bicyclic) bond motifs is 15. The van der Waals surface area contributed by atoms with E-state index in [0.717, 1.165) is 151 Å². The minimum absolute atomic E-state index is 0.00751. The lowest BCUT2D eigenvalue weighted by molar-refractivity contribution is -0.130. The van der Waals surface area contributed by atoms with Crippen molar-refractivity contribution < 1.29 is 24.0 Å². The van der Waals surface area contributed by atoms with E-state index in [1.807, 2.05) is 113 Å². The first-order valence-electron chi connectivity index (χ1n) is 45.2. The van der Waals surface area contributed by atoms with Crippen LogP contribution in [0.3, 0.4) is 0 Å². The Hall–Kier alpha value is -16.1. The van der Waals surface area contributed by atoms with Crippen LogP contribution in [0.5, 0.6) is 0 Å². The Labute approximate surface area is 779 Å². The zero-order valence-electron chi connectivity index (χ0n) is 76.6.